The van der Waals surface area contributed by atoms with E-state index in [1.807, 2.05) is 13.0 Å². The summed E-state index contributed by atoms with van der Waals surface area (Å²) in [6.07, 6.45) is 1.39. The van der Waals surface area contributed by atoms with Crippen LogP contribution in [0.25, 0.3) is 0 Å². The Morgan fingerprint density at radius 2 is 1.95 bits per heavy atom. The van der Waals surface area contributed by atoms with Gasteiger partial charge in [0.2, 0.25) is 11.8 Å². The maximum absolute atomic E-state index is 12.2. The van der Waals surface area contributed by atoms with Crippen molar-refractivity contribution in [2.75, 3.05) is 6.61 Å². The Labute approximate surface area is 128 Å². The smallest absolute Gasteiger partial charge is 0.253 e. The summed E-state index contributed by atoms with van der Waals surface area (Å²) >= 11 is 0. The fourth-order valence-corrected chi connectivity index (χ4v) is 1.93. The number of ether oxygens (including phenoxy) is 1. The molecule has 2 rings (SSSR count). The minimum atomic E-state index is -0.889. The van der Waals surface area contributed by atoms with Crippen LogP contribution in [0, 0.1) is 0 Å². The van der Waals surface area contributed by atoms with E-state index in [0.717, 1.165) is 0 Å². The van der Waals surface area contributed by atoms with E-state index in [-0.39, 0.29) is 0 Å². The maximum Gasteiger partial charge on any atom is 0.253 e. The molecule has 1 heterocycles. The van der Waals surface area contributed by atoms with Gasteiger partial charge in [-0.1, -0.05) is 30.3 Å². The third-order valence-corrected chi connectivity index (χ3v) is 2.98. The number of pyridine rings is 1. The molecule has 2 aromatic rings. The number of carbonyl (C=O) groups is 2. The number of nitrogens with two attached hydrogens (primary N) is 1. The van der Waals surface area contributed by atoms with Crippen LogP contribution in [0.2, 0.25) is 0 Å². The van der Waals surface area contributed by atoms with Gasteiger partial charge in [0.1, 0.15) is 6.04 Å². The van der Waals surface area contributed by atoms with Gasteiger partial charge in [-0.2, -0.15) is 0 Å². The molecule has 0 aliphatic carbocycles. The molecule has 114 valence electrons. The first kappa shape index (κ1) is 15.5. The van der Waals surface area contributed by atoms with Gasteiger partial charge < -0.3 is 15.8 Å². The molecular weight excluding hydrogens is 282 g/mol. The van der Waals surface area contributed by atoms with Crippen LogP contribution in [0.3, 0.4) is 0 Å². The summed E-state index contributed by atoms with van der Waals surface area (Å²) in [4.78, 5) is 27.8. The van der Waals surface area contributed by atoms with Crippen LogP contribution in [0.15, 0.2) is 48.7 Å². The average molecular weight is 299 g/mol. The lowest BCUT2D eigenvalue weighted by Crippen LogP contribution is -2.37. The molecule has 0 radical (unpaired) electrons. The Morgan fingerprint density at radius 3 is 2.50 bits per heavy atom. The van der Waals surface area contributed by atoms with Gasteiger partial charge >= 0.3 is 0 Å². The Morgan fingerprint density at radius 1 is 1.23 bits per heavy atom. The number of hydrogen-bond acceptors (Lipinski definition) is 4. The van der Waals surface area contributed by atoms with Gasteiger partial charge in [0.05, 0.1) is 12.2 Å². The van der Waals surface area contributed by atoms with E-state index in [9.17, 15) is 9.59 Å². The fraction of sp³-hybridized carbons (Fsp3) is 0.188. The summed E-state index contributed by atoms with van der Waals surface area (Å²) < 4.78 is 5.21. The fourth-order valence-electron chi connectivity index (χ4n) is 1.93. The summed E-state index contributed by atoms with van der Waals surface area (Å²) in [6, 6.07) is 11.1. The molecule has 1 aromatic carbocycles. The van der Waals surface area contributed by atoms with Crippen molar-refractivity contribution in [3.63, 3.8) is 0 Å². The molecule has 0 saturated heterocycles. The molecular formula is C16H17N3O3. The second kappa shape index (κ2) is 7.21. The van der Waals surface area contributed by atoms with Crippen LogP contribution in [0.4, 0.5) is 0 Å². The van der Waals surface area contributed by atoms with Crippen LogP contribution < -0.4 is 15.8 Å². The largest absolute Gasteiger partial charge is 0.478 e. The van der Waals surface area contributed by atoms with Crippen molar-refractivity contribution in [3.05, 3.63) is 59.8 Å². The number of carbonyl (C=O) groups excluding carboxylic acids is 2. The molecule has 0 saturated carbocycles. The lowest BCUT2D eigenvalue weighted by Gasteiger charge is -2.15. The van der Waals surface area contributed by atoms with E-state index in [2.05, 4.69) is 10.3 Å². The number of benzene rings is 1. The molecule has 0 aliphatic heterocycles. The lowest BCUT2D eigenvalue weighted by molar-refractivity contribution is -0.120. The van der Waals surface area contributed by atoms with Crippen molar-refractivity contribution in [1.82, 2.24) is 10.3 Å². The molecule has 0 aliphatic rings. The highest BCUT2D eigenvalue weighted by atomic mass is 16.5. The van der Waals surface area contributed by atoms with Gasteiger partial charge in [0.25, 0.3) is 5.91 Å². The van der Waals surface area contributed by atoms with Crippen molar-refractivity contribution >= 4 is 11.8 Å². The summed E-state index contributed by atoms with van der Waals surface area (Å²) in [7, 11) is 0. The van der Waals surface area contributed by atoms with Crippen LogP contribution in [-0.4, -0.2) is 23.4 Å². The summed E-state index contributed by atoms with van der Waals surface area (Å²) in [5.41, 5.74) is 6.32. The SMILES string of the molecule is CCOc1ccc(C(=O)NC(C(N)=O)c2ccccc2)cn1. The molecule has 1 unspecified atom stereocenters. The molecule has 1 atom stereocenters. The molecule has 2 amide bonds. The number of nitrogens with one attached hydrogen (secondary N) is 1. The zero-order chi connectivity index (χ0) is 15.9. The van der Waals surface area contributed by atoms with Crippen molar-refractivity contribution in [1.29, 1.82) is 0 Å². The van der Waals surface area contributed by atoms with Crippen molar-refractivity contribution < 1.29 is 14.3 Å². The van der Waals surface area contributed by atoms with Gasteiger partial charge in [-0.3, -0.25) is 9.59 Å². The number of amides is 2. The van der Waals surface area contributed by atoms with Gasteiger partial charge in [-0.25, -0.2) is 4.98 Å². The normalized spacial score (nSPS) is 11.5. The van der Waals surface area contributed by atoms with Gasteiger partial charge in [0, 0.05) is 12.3 Å². The lowest BCUT2D eigenvalue weighted by atomic mass is 10.1. The second-order valence-corrected chi connectivity index (χ2v) is 4.54. The molecule has 6 heteroatoms. The van der Waals surface area contributed by atoms with Gasteiger partial charge in [-0.15, -0.1) is 0 Å². The highest BCUT2D eigenvalue weighted by molar-refractivity contribution is 5.97. The number of primary amides is 1. The highest BCUT2D eigenvalue weighted by Crippen LogP contribution is 2.14. The monoisotopic (exact) mass is 299 g/mol. The first-order valence-electron chi connectivity index (χ1n) is 6.85. The van der Waals surface area contributed by atoms with Gasteiger partial charge in [-0.05, 0) is 18.6 Å². The first-order chi connectivity index (χ1) is 10.6. The van der Waals surface area contributed by atoms with Crippen LogP contribution in [-0.2, 0) is 4.79 Å². The summed E-state index contributed by atoms with van der Waals surface area (Å²) in [6.45, 7) is 2.34. The first-order valence-corrected chi connectivity index (χ1v) is 6.85. The van der Waals surface area contributed by atoms with Crippen LogP contribution in [0.5, 0.6) is 5.88 Å². The summed E-state index contributed by atoms with van der Waals surface area (Å²) in [5.74, 6) is -0.616. The third-order valence-electron chi connectivity index (χ3n) is 2.98. The topological polar surface area (TPSA) is 94.3 Å². The second-order valence-electron chi connectivity index (χ2n) is 4.54. The minimum absolute atomic E-state index is 0.325. The maximum atomic E-state index is 12.2. The zero-order valence-corrected chi connectivity index (χ0v) is 12.2. The minimum Gasteiger partial charge on any atom is -0.478 e. The number of nitrogens with zero attached hydrogens (tertiary/aromatic N) is 1. The molecule has 0 bridgehead atoms. The summed E-state index contributed by atoms with van der Waals surface area (Å²) in [5, 5.41) is 2.61. The van der Waals surface area contributed by atoms with E-state index in [1.54, 1.807) is 36.4 Å². The Kier molecular flexibility index (Phi) is 5.08. The predicted molar refractivity (Wildman–Crippen MR) is 81.2 cm³/mol. The van der Waals surface area contributed by atoms with E-state index in [0.29, 0.717) is 23.6 Å². The molecule has 0 spiro atoms. The van der Waals surface area contributed by atoms with E-state index in [1.165, 1.54) is 6.20 Å². The van der Waals surface area contributed by atoms with Crippen LogP contribution >= 0.6 is 0 Å². The van der Waals surface area contributed by atoms with Crippen molar-refractivity contribution in [3.8, 4) is 5.88 Å². The third kappa shape index (κ3) is 3.82. The Bertz CT molecular complexity index is 641. The standard InChI is InChI=1S/C16H17N3O3/c1-2-22-13-9-8-12(10-18-13)16(21)19-14(15(17)20)11-6-4-3-5-7-11/h3-10,14H,2H2,1H3,(H2,17,20)(H,19,21). The Balaban J connectivity index is 2.13. The predicted octanol–water partition coefficient (Wildman–Crippen LogP) is 1.44. The molecule has 1 aromatic heterocycles. The van der Waals surface area contributed by atoms with Gasteiger partial charge in [0.15, 0.2) is 0 Å². The van der Waals surface area contributed by atoms with Crippen LogP contribution in [0.1, 0.15) is 28.9 Å². The van der Waals surface area contributed by atoms with E-state index in [4.69, 9.17) is 10.5 Å². The Hall–Kier alpha value is -2.89. The van der Waals surface area contributed by atoms with E-state index >= 15 is 0 Å². The number of rotatable bonds is 6. The molecule has 22 heavy (non-hydrogen) atoms. The van der Waals surface area contributed by atoms with Crippen molar-refractivity contribution in [2.24, 2.45) is 5.73 Å². The quantitative estimate of drug-likeness (QED) is 0.843. The highest BCUT2D eigenvalue weighted by Gasteiger charge is 2.20. The average Bonchev–Trinajstić information content (AvgIpc) is 2.54. The van der Waals surface area contributed by atoms with E-state index < -0.39 is 17.9 Å². The molecule has 6 nitrogen and oxygen atoms in total. The number of aromatic nitrogens is 1. The van der Waals surface area contributed by atoms with Crippen molar-refractivity contribution in [2.45, 2.75) is 13.0 Å². The number of hydrogen-bond donors (Lipinski definition) is 2. The zero-order valence-electron chi connectivity index (χ0n) is 12.2. The molecule has 0 fully saturated rings. The molecule has 3 N–H and O–H groups in total.